The van der Waals surface area contributed by atoms with Crippen LogP contribution in [0, 0.1) is 0 Å². The average molecular weight is 544 g/mol. The molecule has 0 fully saturated rings. The summed E-state index contributed by atoms with van der Waals surface area (Å²) >= 11 is 0. The second kappa shape index (κ2) is 10.7. The number of carbonyl (C=O) groups is 2. The maximum Gasteiger partial charge on any atom is 0.416 e. The molecule has 3 amide bonds. The molecule has 0 saturated heterocycles. The highest BCUT2D eigenvalue weighted by atomic mass is 19.4. The maximum atomic E-state index is 13.7. The molecule has 0 saturated carbocycles. The third-order valence-electron chi connectivity index (χ3n) is 6.01. The van der Waals surface area contributed by atoms with Crippen molar-refractivity contribution in [1.29, 1.82) is 0 Å². The SMILES string of the molecule is NC(=O)Nc1ccc(-c2ccc(C(=O)Nc3ccccc3)cc2)c(-c2cccc(C(F)(F)F)c2)c1-c1nnn[nH]1. The van der Waals surface area contributed by atoms with Crippen molar-refractivity contribution in [3.8, 4) is 33.6 Å². The van der Waals surface area contributed by atoms with Crippen molar-refractivity contribution < 1.29 is 22.8 Å². The van der Waals surface area contributed by atoms with E-state index in [1.54, 1.807) is 60.7 Å². The van der Waals surface area contributed by atoms with Crippen LogP contribution in [0.2, 0.25) is 0 Å². The summed E-state index contributed by atoms with van der Waals surface area (Å²) in [5.74, 6) is -0.234. The number of urea groups is 1. The van der Waals surface area contributed by atoms with Crippen molar-refractivity contribution in [2.24, 2.45) is 5.73 Å². The number of aromatic nitrogens is 4. The number of amides is 3. The molecule has 40 heavy (non-hydrogen) atoms. The van der Waals surface area contributed by atoms with Gasteiger partial charge in [-0.05, 0) is 69.6 Å². The Balaban J connectivity index is 1.66. The lowest BCUT2D eigenvalue weighted by Crippen LogP contribution is -2.20. The van der Waals surface area contributed by atoms with E-state index in [9.17, 15) is 22.8 Å². The summed E-state index contributed by atoms with van der Waals surface area (Å²) in [4.78, 5) is 24.5. The first-order valence-electron chi connectivity index (χ1n) is 11.8. The number of primary amides is 1. The molecule has 0 aliphatic heterocycles. The first-order valence-corrected chi connectivity index (χ1v) is 11.8. The molecule has 0 unspecified atom stereocenters. The molecule has 0 bridgehead atoms. The van der Waals surface area contributed by atoms with E-state index < -0.39 is 17.8 Å². The molecule has 4 aromatic carbocycles. The fraction of sp³-hybridized carbons (Fsp3) is 0.0357. The highest BCUT2D eigenvalue weighted by Crippen LogP contribution is 2.44. The minimum atomic E-state index is -4.60. The molecule has 5 aromatic rings. The topological polar surface area (TPSA) is 139 Å². The van der Waals surface area contributed by atoms with Crippen LogP contribution in [0.4, 0.5) is 29.3 Å². The van der Waals surface area contributed by atoms with Gasteiger partial charge in [-0.1, -0.05) is 48.5 Å². The number of rotatable bonds is 6. The Bertz CT molecular complexity index is 1670. The van der Waals surface area contributed by atoms with Gasteiger partial charge in [-0.25, -0.2) is 9.89 Å². The minimum absolute atomic E-state index is 0.0943. The van der Waals surface area contributed by atoms with Crippen LogP contribution < -0.4 is 16.4 Å². The Morgan fingerprint density at radius 1 is 0.800 bits per heavy atom. The molecule has 0 aliphatic carbocycles. The van der Waals surface area contributed by atoms with Crippen molar-refractivity contribution in [3.05, 3.63) is 102 Å². The van der Waals surface area contributed by atoms with Gasteiger partial charge in [0.05, 0.1) is 16.8 Å². The summed E-state index contributed by atoms with van der Waals surface area (Å²) in [6.07, 6.45) is -4.60. The lowest BCUT2D eigenvalue weighted by molar-refractivity contribution is -0.137. The molecule has 5 N–H and O–H groups in total. The molecular weight excluding hydrogens is 523 g/mol. The van der Waals surface area contributed by atoms with Gasteiger partial charge in [0, 0.05) is 16.8 Å². The predicted octanol–water partition coefficient (Wildman–Crippen LogP) is 5.96. The Kier molecular flexibility index (Phi) is 6.98. The second-order valence-corrected chi connectivity index (χ2v) is 8.63. The Labute approximate surface area is 225 Å². The highest BCUT2D eigenvalue weighted by molar-refractivity contribution is 6.05. The van der Waals surface area contributed by atoms with Crippen molar-refractivity contribution in [2.45, 2.75) is 6.18 Å². The van der Waals surface area contributed by atoms with Crippen LogP contribution in [0.1, 0.15) is 15.9 Å². The number of nitrogens with one attached hydrogen (secondary N) is 3. The van der Waals surface area contributed by atoms with Crippen LogP contribution >= 0.6 is 0 Å². The Morgan fingerprint density at radius 2 is 1.55 bits per heavy atom. The number of tetrazole rings is 1. The standard InChI is InChI=1S/C28H20F3N7O2/c29-28(30,31)19-6-4-5-18(15-19)23-21(13-14-22(34-27(32)40)24(23)25-35-37-38-36-25)16-9-11-17(12-10-16)26(39)33-20-7-2-1-3-8-20/h1-15H,(H,33,39)(H3,32,34,40)(H,35,36,37,38). The van der Waals surface area contributed by atoms with Crippen LogP contribution in [0.15, 0.2) is 91.0 Å². The van der Waals surface area contributed by atoms with Crippen LogP contribution in [0.25, 0.3) is 33.6 Å². The number of halogens is 3. The van der Waals surface area contributed by atoms with Gasteiger partial charge in [0.2, 0.25) is 0 Å². The first-order chi connectivity index (χ1) is 19.2. The third kappa shape index (κ3) is 5.50. The van der Waals surface area contributed by atoms with E-state index in [4.69, 9.17) is 5.73 Å². The van der Waals surface area contributed by atoms with Gasteiger partial charge in [0.25, 0.3) is 5.91 Å². The number of benzene rings is 4. The lowest BCUT2D eigenvalue weighted by atomic mass is 9.88. The zero-order valence-electron chi connectivity index (χ0n) is 20.5. The Morgan fingerprint density at radius 3 is 2.20 bits per heavy atom. The number of para-hydroxylation sites is 1. The summed E-state index contributed by atoms with van der Waals surface area (Å²) in [5.41, 5.74) is 7.50. The fourth-order valence-electron chi connectivity index (χ4n) is 4.27. The summed E-state index contributed by atoms with van der Waals surface area (Å²) in [6, 6.07) is 22.6. The smallest absolute Gasteiger partial charge is 0.351 e. The zero-order valence-corrected chi connectivity index (χ0v) is 20.5. The van der Waals surface area contributed by atoms with E-state index in [2.05, 4.69) is 31.3 Å². The summed E-state index contributed by atoms with van der Waals surface area (Å²) < 4.78 is 41.0. The van der Waals surface area contributed by atoms with Gasteiger partial charge >= 0.3 is 12.2 Å². The molecule has 0 atom stereocenters. The molecule has 1 aromatic heterocycles. The van der Waals surface area contributed by atoms with Crippen LogP contribution in [-0.4, -0.2) is 32.6 Å². The van der Waals surface area contributed by atoms with Crippen molar-refractivity contribution in [1.82, 2.24) is 20.6 Å². The molecule has 0 spiro atoms. The van der Waals surface area contributed by atoms with E-state index in [0.29, 0.717) is 27.9 Å². The number of carbonyl (C=O) groups excluding carboxylic acids is 2. The van der Waals surface area contributed by atoms with Crippen molar-refractivity contribution in [3.63, 3.8) is 0 Å². The molecule has 0 radical (unpaired) electrons. The maximum absolute atomic E-state index is 13.7. The number of H-pyrrole nitrogens is 1. The summed E-state index contributed by atoms with van der Waals surface area (Å²) in [5, 5.41) is 19.0. The summed E-state index contributed by atoms with van der Waals surface area (Å²) in [7, 11) is 0. The number of nitrogens with zero attached hydrogens (tertiary/aromatic N) is 3. The number of alkyl halides is 3. The molecular formula is C28H20F3N7O2. The van der Waals surface area contributed by atoms with E-state index in [1.807, 2.05) is 6.07 Å². The zero-order chi connectivity index (χ0) is 28.3. The first kappa shape index (κ1) is 26.1. The predicted molar refractivity (Wildman–Crippen MR) is 143 cm³/mol. The number of hydrogen-bond donors (Lipinski definition) is 4. The highest BCUT2D eigenvalue weighted by Gasteiger charge is 2.31. The van der Waals surface area contributed by atoms with Crippen molar-refractivity contribution in [2.75, 3.05) is 10.6 Å². The molecule has 1 heterocycles. The molecule has 9 nitrogen and oxygen atoms in total. The number of anilines is 2. The van der Waals surface area contributed by atoms with Gasteiger partial charge in [-0.15, -0.1) is 5.10 Å². The fourth-order valence-corrected chi connectivity index (χ4v) is 4.27. The number of nitrogens with two attached hydrogens (primary N) is 1. The van der Waals surface area contributed by atoms with Gasteiger partial charge in [0.15, 0.2) is 5.82 Å². The van der Waals surface area contributed by atoms with E-state index in [1.165, 1.54) is 12.1 Å². The second-order valence-electron chi connectivity index (χ2n) is 8.63. The Hall–Kier alpha value is -5.52. The van der Waals surface area contributed by atoms with Gasteiger partial charge in [-0.3, -0.25) is 4.79 Å². The van der Waals surface area contributed by atoms with Crippen LogP contribution in [0.3, 0.4) is 0 Å². The van der Waals surface area contributed by atoms with E-state index >= 15 is 0 Å². The van der Waals surface area contributed by atoms with Crippen LogP contribution in [0.5, 0.6) is 0 Å². The minimum Gasteiger partial charge on any atom is -0.351 e. The van der Waals surface area contributed by atoms with Gasteiger partial charge < -0.3 is 16.4 Å². The number of aromatic amines is 1. The normalized spacial score (nSPS) is 11.2. The van der Waals surface area contributed by atoms with Gasteiger partial charge in [-0.2, -0.15) is 13.2 Å². The van der Waals surface area contributed by atoms with E-state index in [0.717, 1.165) is 12.1 Å². The largest absolute Gasteiger partial charge is 0.416 e. The van der Waals surface area contributed by atoms with Gasteiger partial charge in [0.1, 0.15) is 0 Å². The lowest BCUT2D eigenvalue weighted by Gasteiger charge is -2.19. The molecule has 200 valence electrons. The monoisotopic (exact) mass is 543 g/mol. The van der Waals surface area contributed by atoms with E-state index in [-0.39, 0.29) is 28.5 Å². The molecule has 12 heteroatoms. The molecule has 0 aliphatic rings. The molecule has 5 rings (SSSR count). The summed E-state index contributed by atoms with van der Waals surface area (Å²) in [6.45, 7) is 0. The quantitative estimate of drug-likeness (QED) is 0.209. The average Bonchev–Trinajstić information content (AvgIpc) is 3.47. The van der Waals surface area contributed by atoms with Crippen molar-refractivity contribution >= 4 is 23.3 Å². The van der Waals surface area contributed by atoms with Crippen LogP contribution in [-0.2, 0) is 6.18 Å². The number of hydrogen-bond acceptors (Lipinski definition) is 5. The third-order valence-corrected chi connectivity index (χ3v) is 6.01.